The van der Waals surface area contributed by atoms with Gasteiger partial charge in [-0.3, -0.25) is 5.32 Å². The van der Waals surface area contributed by atoms with E-state index < -0.39 is 11.7 Å². The molecular weight excluding hydrogens is 335 g/mol. The fraction of sp³-hybridized carbons (Fsp3) is 0.200. The smallest absolute Gasteiger partial charge is 0.412 e. The van der Waals surface area contributed by atoms with Crippen molar-refractivity contribution in [3.8, 4) is 22.7 Å². The predicted molar refractivity (Wildman–Crippen MR) is 97.2 cm³/mol. The van der Waals surface area contributed by atoms with Crippen LogP contribution in [0.25, 0.3) is 22.7 Å². The summed E-state index contributed by atoms with van der Waals surface area (Å²) in [4.78, 5) is 16.2. The first-order valence-corrected chi connectivity index (χ1v) is 8.12. The summed E-state index contributed by atoms with van der Waals surface area (Å²) in [6.45, 7) is 5.41. The van der Waals surface area contributed by atoms with E-state index in [2.05, 4.69) is 10.3 Å². The molecule has 0 aliphatic rings. The van der Waals surface area contributed by atoms with Crippen LogP contribution in [-0.4, -0.2) is 16.7 Å². The number of nitrogens with one attached hydrogen (secondary N) is 1. The number of ether oxygens (including phenoxy) is 1. The lowest BCUT2D eigenvalue weighted by atomic mass is 10.1. The Bertz CT molecular complexity index is 894. The first-order valence-electron chi connectivity index (χ1n) is 8.12. The van der Waals surface area contributed by atoms with Crippen molar-refractivity contribution < 1.29 is 18.3 Å². The summed E-state index contributed by atoms with van der Waals surface area (Å²) in [7, 11) is 0. The molecule has 1 amide bonds. The van der Waals surface area contributed by atoms with Gasteiger partial charge in [0.2, 0.25) is 5.89 Å². The van der Waals surface area contributed by atoms with Crippen molar-refractivity contribution in [3.05, 3.63) is 60.6 Å². The average molecular weight is 354 g/mol. The first-order chi connectivity index (χ1) is 12.3. The van der Waals surface area contributed by atoms with Crippen molar-refractivity contribution >= 4 is 11.8 Å². The summed E-state index contributed by atoms with van der Waals surface area (Å²) >= 11 is 0. The van der Waals surface area contributed by atoms with E-state index in [1.165, 1.54) is 18.4 Å². The minimum atomic E-state index is -0.554. The third-order valence-electron chi connectivity index (χ3n) is 3.42. The topological polar surface area (TPSA) is 64.4 Å². The monoisotopic (exact) mass is 354 g/mol. The van der Waals surface area contributed by atoms with E-state index in [1.807, 2.05) is 12.1 Å². The maximum Gasteiger partial charge on any atom is 0.412 e. The van der Waals surface area contributed by atoms with E-state index in [0.717, 1.165) is 5.56 Å². The molecule has 6 heteroatoms. The number of benzene rings is 2. The van der Waals surface area contributed by atoms with Gasteiger partial charge in [-0.1, -0.05) is 12.1 Å². The van der Waals surface area contributed by atoms with Gasteiger partial charge in [-0.15, -0.1) is 0 Å². The largest absolute Gasteiger partial charge is 0.444 e. The molecule has 0 unspecified atom stereocenters. The molecule has 3 rings (SSSR count). The molecule has 1 heterocycles. The van der Waals surface area contributed by atoms with E-state index in [9.17, 15) is 9.18 Å². The lowest BCUT2D eigenvalue weighted by Gasteiger charge is -2.19. The van der Waals surface area contributed by atoms with Gasteiger partial charge < -0.3 is 9.15 Å². The highest BCUT2D eigenvalue weighted by Crippen LogP contribution is 2.26. The van der Waals surface area contributed by atoms with Gasteiger partial charge in [0.1, 0.15) is 23.4 Å². The predicted octanol–water partition coefficient (Wildman–Crippen LogP) is 5.49. The number of anilines is 1. The van der Waals surface area contributed by atoms with Crippen LogP contribution in [0.15, 0.2) is 59.2 Å². The minimum Gasteiger partial charge on any atom is -0.444 e. The minimum absolute atomic E-state index is 0.311. The van der Waals surface area contributed by atoms with Crippen LogP contribution in [-0.2, 0) is 4.74 Å². The number of oxazole rings is 1. The summed E-state index contributed by atoms with van der Waals surface area (Å²) in [6.07, 6.45) is 1.03. The number of amides is 1. The van der Waals surface area contributed by atoms with Crippen molar-refractivity contribution in [1.82, 2.24) is 4.98 Å². The molecule has 0 aliphatic heterocycles. The van der Waals surface area contributed by atoms with Crippen LogP contribution in [0, 0.1) is 5.82 Å². The zero-order valence-corrected chi connectivity index (χ0v) is 14.7. The highest BCUT2D eigenvalue weighted by Gasteiger charge is 2.16. The fourth-order valence-corrected chi connectivity index (χ4v) is 2.28. The van der Waals surface area contributed by atoms with Crippen molar-refractivity contribution in [3.63, 3.8) is 0 Å². The molecule has 0 saturated carbocycles. The molecule has 5 nitrogen and oxygen atoms in total. The fourth-order valence-electron chi connectivity index (χ4n) is 2.28. The number of halogens is 1. The van der Waals surface area contributed by atoms with E-state index >= 15 is 0 Å². The van der Waals surface area contributed by atoms with E-state index in [1.54, 1.807) is 45.0 Å². The highest BCUT2D eigenvalue weighted by atomic mass is 19.1. The van der Waals surface area contributed by atoms with Crippen molar-refractivity contribution in [2.45, 2.75) is 26.4 Å². The summed E-state index contributed by atoms with van der Waals surface area (Å²) in [6, 6.07) is 13.1. The molecule has 0 atom stereocenters. The molecule has 26 heavy (non-hydrogen) atoms. The van der Waals surface area contributed by atoms with Gasteiger partial charge in [0.15, 0.2) is 0 Å². The Hall–Kier alpha value is -3.15. The Labute approximate surface area is 150 Å². The highest BCUT2D eigenvalue weighted by molar-refractivity contribution is 5.85. The average Bonchev–Trinajstić information content (AvgIpc) is 3.04. The van der Waals surface area contributed by atoms with Gasteiger partial charge >= 0.3 is 6.09 Å². The standard InChI is InChI=1S/C20H19FN2O3/c1-20(2,3)26-19(24)22-16-10-6-13(7-11-16)17-12-25-18(23-17)14-4-8-15(21)9-5-14/h4-12H,1-3H3,(H,22,24). The molecule has 1 N–H and O–H groups in total. The molecule has 0 bridgehead atoms. The van der Waals surface area contributed by atoms with Crippen LogP contribution in [0.5, 0.6) is 0 Å². The second-order valence-electron chi connectivity index (χ2n) is 6.75. The van der Waals surface area contributed by atoms with Gasteiger partial charge in [0, 0.05) is 16.8 Å². The van der Waals surface area contributed by atoms with Crippen LogP contribution in [0.2, 0.25) is 0 Å². The van der Waals surface area contributed by atoms with E-state index in [0.29, 0.717) is 22.8 Å². The van der Waals surface area contributed by atoms with Crippen LogP contribution in [0.4, 0.5) is 14.9 Å². The molecule has 3 aromatic rings. The molecule has 0 radical (unpaired) electrons. The Morgan fingerprint density at radius 1 is 1.04 bits per heavy atom. The Morgan fingerprint density at radius 2 is 1.65 bits per heavy atom. The molecule has 2 aromatic carbocycles. The normalized spacial score (nSPS) is 11.2. The number of nitrogens with zero attached hydrogens (tertiary/aromatic N) is 1. The number of hydrogen-bond donors (Lipinski definition) is 1. The molecule has 1 aromatic heterocycles. The Kier molecular flexibility index (Phi) is 4.75. The van der Waals surface area contributed by atoms with Crippen molar-refractivity contribution in [1.29, 1.82) is 0 Å². The summed E-state index contributed by atoms with van der Waals surface area (Å²) < 4.78 is 23.7. The maximum absolute atomic E-state index is 13.0. The van der Waals surface area contributed by atoms with Gasteiger partial charge in [0.05, 0.1) is 0 Å². The van der Waals surface area contributed by atoms with Gasteiger partial charge in [-0.05, 0) is 57.2 Å². The number of hydrogen-bond acceptors (Lipinski definition) is 4. The van der Waals surface area contributed by atoms with E-state index in [4.69, 9.17) is 9.15 Å². The lowest BCUT2D eigenvalue weighted by Crippen LogP contribution is -2.27. The SMILES string of the molecule is CC(C)(C)OC(=O)Nc1ccc(-c2coc(-c3ccc(F)cc3)n2)cc1. The van der Waals surface area contributed by atoms with Gasteiger partial charge in [-0.2, -0.15) is 0 Å². The van der Waals surface area contributed by atoms with Crippen LogP contribution >= 0.6 is 0 Å². The van der Waals surface area contributed by atoms with Gasteiger partial charge in [-0.25, -0.2) is 14.2 Å². The number of aromatic nitrogens is 1. The molecule has 0 spiro atoms. The molecule has 0 saturated heterocycles. The van der Waals surface area contributed by atoms with Crippen molar-refractivity contribution in [2.75, 3.05) is 5.32 Å². The third kappa shape index (κ3) is 4.47. The molecular formula is C20H19FN2O3. The maximum atomic E-state index is 13.0. The second-order valence-corrected chi connectivity index (χ2v) is 6.75. The summed E-state index contributed by atoms with van der Waals surface area (Å²) in [5.74, 6) is 0.101. The number of carbonyl (C=O) groups excluding carboxylic acids is 1. The number of carbonyl (C=O) groups is 1. The van der Waals surface area contributed by atoms with Gasteiger partial charge in [0.25, 0.3) is 0 Å². The lowest BCUT2D eigenvalue weighted by molar-refractivity contribution is 0.0636. The third-order valence-corrected chi connectivity index (χ3v) is 3.42. The Morgan fingerprint density at radius 3 is 2.27 bits per heavy atom. The zero-order chi connectivity index (χ0) is 18.7. The first kappa shape index (κ1) is 17.7. The van der Waals surface area contributed by atoms with E-state index in [-0.39, 0.29) is 5.82 Å². The van der Waals surface area contributed by atoms with Crippen LogP contribution < -0.4 is 5.32 Å². The van der Waals surface area contributed by atoms with Crippen LogP contribution in [0.1, 0.15) is 20.8 Å². The molecule has 0 fully saturated rings. The molecule has 134 valence electrons. The summed E-state index contributed by atoms with van der Waals surface area (Å²) in [5.41, 5.74) is 2.23. The zero-order valence-electron chi connectivity index (χ0n) is 14.7. The van der Waals surface area contributed by atoms with Crippen molar-refractivity contribution in [2.24, 2.45) is 0 Å². The molecule has 0 aliphatic carbocycles. The Balaban J connectivity index is 1.71. The number of rotatable bonds is 3. The second kappa shape index (κ2) is 7.00. The quantitative estimate of drug-likeness (QED) is 0.675. The van der Waals surface area contributed by atoms with Crippen LogP contribution in [0.3, 0.4) is 0 Å². The summed E-state index contributed by atoms with van der Waals surface area (Å²) in [5, 5.41) is 2.67.